The Morgan fingerprint density at radius 1 is 1.43 bits per heavy atom. The lowest BCUT2D eigenvalue weighted by Gasteiger charge is -2.00. The number of halogens is 3. The normalized spacial score (nSPS) is 11.0. The monoisotopic (exact) mass is 253 g/mol. The molecule has 0 spiro atoms. The number of hydrogen-bond acceptors (Lipinski definition) is 3. The number of nitriles is 1. The summed E-state index contributed by atoms with van der Waals surface area (Å²) in [5, 5.41) is 7.99. The fourth-order valence-electron chi connectivity index (χ4n) is 0.786. The van der Waals surface area contributed by atoms with Crippen molar-refractivity contribution >= 4 is 31.3 Å². The van der Waals surface area contributed by atoms with Crippen LogP contribution in [0.1, 0.15) is 5.56 Å². The van der Waals surface area contributed by atoms with Gasteiger partial charge >= 0.3 is 0 Å². The van der Waals surface area contributed by atoms with Crippen LogP contribution in [0.15, 0.2) is 17.0 Å². The molecule has 0 aliphatic heterocycles. The van der Waals surface area contributed by atoms with Gasteiger partial charge in [0.15, 0.2) is 5.82 Å². The quantitative estimate of drug-likeness (QED) is 0.722. The molecule has 0 saturated carbocycles. The van der Waals surface area contributed by atoms with Crippen molar-refractivity contribution in [1.82, 2.24) is 0 Å². The Morgan fingerprint density at radius 3 is 2.43 bits per heavy atom. The number of hydrogen-bond donors (Lipinski definition) is 0. The minimum absolute atomic E-state index is 0.401. The summed E-state index contributed by atoms with van der Waals surface area (Å²) in [6.07, 6.45) is 0. The third kappa shape index (κ3) is 2.15. The maximum atomic E-state index is 13.0. The second kappa shape index (κ2) is 3.73. The molecule has 1 aromatic carbocycles. The van der Waals surface area contributed by atoms with Crippen LogP contribution >= 0.6 is 22.3 Å². The zero-order valence-corrected chi connectivity index (χ0v) is 8.79. The summed E-state index contributed by atoms with van der Waals surface area (Å²) in [4.78, 5) is -0.401. The lowest BCUT2D eigenvalue weighted by Crippen LogP contribution is -1.94. The van der Waals surface area contributed by atoms with E-state index in [2.05, 4.69) is 0 Å². The van der Waals surface area contributed by atoms with Crippen LogP contribution in [0.25, 0.3) is 0 Å². The van der Waals surface area contributed by atoms with Crippen LogP contribution in [0.2, 0.25) is 5.02 Å². The van der Waals surface area contributed by atoms with Crippen LogP contribution in [0.4, 0.5) is 4.39 Å². The fourth-order valence-corrected chi connectivity index (χ4v) is 1.85. The molecule has 0 heterocycles. The summed E-state index contributed by atoms with van der Waals surface area (Å²) in [6.45, 7) is 0. The summed E-state index contributed by atoms with van der Waals surface area (Å²) in [6, 6.07) is 3.14. The predicted molar refractivity (Wildman–Crippen MR) is 49.2 cm³/mol. The fraction of sp³-hybridized carbons (Fsp3) is 0. The lowest BCUT2D eigenvalue weighted by atomic mass is 10.2. The van der Waals surface area contributed by atoms with Gasteiger partial charge in [-0.25, -0.2) is 12.8 Å². The lowest BCUT2D eigenvalue weighted by molar-refractivity contribution is 0.607. The Balaban J connectivity index is 3.56. The highest BCUT2D eigenvalue weighted by Gasteiger charge is 2.16. The third-order valence-corrected chi connectivity index (χ3v) is 3.01. The molecule has 0 N–H and O–H groups in total. The first-order valence-electron chi connectivity index (χ1n) is 3.20. The van der Waals surface area contributed by atoms with Gasteiger partial charge in [0.05, 0.1) is 15.5 Å². The molecule has 0 fully saturated rings. The first kappa shape index (κ1) is 11.2. The molecule has 0 bridgehead atoms. The summed E-state index contributed by atoms with van der Waals surface area (Å²) in [5.74, 6) is -0.960. The van der Waals surface area contributed by atoms with Gasteiger partial charge < -0.3 is 0 Å². The molecule has 0 saturated heterocycles. The van der Waals surface area contributed by atoms with E-state index < -0.39 is 30.3 Å². The summed E-state index contributed by atoms with van der Waals surface area (Å²) in [5.41, 5.74) is -0.461. The Morgan fingerprint density at radius 2 is 2.00 bits per heavy atom. The maximum absolute atomic E-state index is 13.0. The second-order valence-electron chi connectivity index (χ2n) is 2.32. The SMILES string of the molecule is N#Cc1cc(S(=O)(=O)Cl)cc(Cl)c1F. The van der Waals surface area contributed by atoms with Crippen molar-refractivity contribution in [2.45, 2.75) is 4.90 Å². The van der Waals surface area contributed by atoms with Crippen molar-refractivity contribution in [3.63, 3.8) is 0 Å². The average molecular weight is 254 g/mol. The minimum Gasteiger partial charge on any atom is -0.207 e. The predicted octanol–water partition coefficient (Wildman–Crippen LogP) is 2.28. The minimum atomic E-state index is -4.00. The van der Waals surface area contributed by atoms with Crippen molar-refractivity contribution in [2.75, 3.05) is 0 Å². The summed E-state index contributed by atoms with van der Waals surface area (Å²) in [7, 11) is 0.989. The molecule has 1 rings (SSSR count). The van der Waals surface area contributed by atoms with E-state index >= 15 is 0 Å². The van der Waals surface area contributed by atoms with Gasteiger partial charge in [-0.1, -0.05) is 11.6 Å². The summed E-state index contributed by atoms with van der Waals surface area (Å²) < 4.78 is 34.7. The zero-order valence-electron chi connectivity index (χ0n) is 6.46. The molecule has 3 nitrogen and oxygen atoms in total. The van der Waals surface area contributed by atoms with E-state index in [1.807, 2.05) is 0 Å². The van der Waals surface area contributed by atoms with Crippen LogP contribution in [0.3, 0.4) is 0 Å². The van der Waals surface area contributed by atoms with Gasteiger partial charge in [0.1, 0.15) is 6.07 Å². The molecule has 7 heteroatoms. The van der Waals surface area contributed by atoms with Gasteiger partial charge in [0.25, 0.3) is 9.05 Å². The number of benzene rings is 1. The molecule has 1 aromatic rings. The topological polar surface area (TPSA) is 57.9 Å². The van der Waals surface area contributed by atoms with Crippen LogP contribution in [0, 0.1) is 17.1 Å². The smallest absolute Gasteiger partial charge is 0.207 e. The Kier molecular flexibility index (Phi) is 3.00. The van der Waals surface area contributed by atoms with E-state index in [1.165, 1.54) is 6.07 Å². The van der Waals surface area contributed by atoms with E-state index in [0.717, 1.165) is 12.1 Å². The first-order valence-corrected chi connectivity index (χ1v) is 5.89. The van der Waals surface area contributed by atoms with Crippen LogP contribution < -0.4 is 0 Å². The van der Waals surface area contributed by atoms with Gasteiger partial charge in [-0.05, 0) is 12.1 Å². The van der Waals surface area contributed by atoms with Crippen molar-refractivity contribution in [3.05, 3.63) is 28.5 Å². The van der Waals surface area contributed by atoms with E-state index in [1.54, 1.807) is 0 Å². The van der Waals surface area contributed by atoms with Crippen molar-refractivity contribution in [3.8, 4) is 6.07 Å². The maximum Gasteiger partial charge on any atom is 0.261 e. The zero-order chi connectivity index (χ0) is 10.9. The van der Waals surface area contributed by atoms with E-state index in [0.29, 0.717) is 0 Å². The third-order valence-electron chi connectivity index (χ3n) is 1.40. The van der Waals surface area contributed by atoms with Gasteiger partial charge in [-0.15, -0.1) is 0 Å². The molecule has 0 aromatic heterocycles. The largest absolute Gasteiger partial charge is 0.261 e. The van der Waals surface area contributed by atoms with Crippen molar-refractivity contribution in [1.29, 1.82) is 5.26 Å². The first-order chi connectivity index (χ1) is 6.36. The van der Waals surface area contributed by atoms with Crippen molar-refractivity contribution < 1.29 is 12.8 Å². The average Bonchev–Trinajstić information content (AvgIpc) is 2.07. The molecule has 0 radical (unpaired) electrons. The van der Waals surface area contributed by atoms with Gasteiger partial charge in [-0.2, -0.15) is 5.26 Å². The molecule has 0 atom stereocenters. The highest BCUT2D eigenvalue weighted by atomic mass is 35.7. The van der Waals surface area contributed by atoms with Crippen LogP contribution in [-0.2, 0) is 9.05 Å². The van der Waals surface area contributed by atoms with E-state index in [4.69, 9.17) is 27.5 Å². The van der Waals surface area contributed by atoms with Gasteiger partial charge in [0.2, 0.25) is 0 Å². The van der Waals surface area contributed by atoms with Crippen molar-refractivity contribution in [2.24, 2.45) is 0 Å². The Hall–Kier alpha value is -0.830. The van der Waals surface area contributed by atoms with Gasteiger partial charge in [-0.3, -0.25) is 0 Å². The standard InChI is InChI=1S/C7H2Cl2FNO2S/c8-6-2-5(14(9,12)13)1-4(3-11)7(6)10/h1-2H. The Labute approximate surface area is 89.1 Å². The molecule has 14 heavy (non-hydrogen) atoms. The van der Waals surface area contributed by atoms with Crippen LogP contribution in [-0.4, -0.2) is 8.42 Å². The summed E-state index contributed by atoms with van der Waals surface area (Å²) >= 11 is 5.35. The Bertz CT molecular complexity index is 521. The highest BCUT2D eigenvalue weighted by molar-refractivity contribution is 8.13. The number of rotatable bonds is 1. The molecule has 0 aliphatic carbocycles. The van der Waals surface area contributed by atoms with E-state index in [9.17, 15) is 12.8 Å². The molecule has 0 unspecified atom stereocenters. The molecular weight excluding hydrogens is 252 g/mol. The highest BCUT2D eigenvalue weighted by Crippen LogP contribution is 2.25. The van der Waals surface area contributed by atoms with Crippen LogP contribution in [0.5, 0.6) is 0 Å². The molecule has 0 aliphatic rings. The van der Waals surface area contributed by atoms with E-state index in [-0.39, 0.29) is 0 Å². The number of nitrogens with zero attached hydrogens (tertiary/aromatic N) is 1. The van der Waals surface area contributed by atoms with Gasteiger partial charge in [0, 0.05) is 10.7 Å². The molecule has 74 valence electrons. The molecule has 0 amide bonds. The molecular formula is C7H2Cl2FNO2S. The second-order valence-corrected chi connectivity index (χ2v) is 5.29.